The quantitative estimate of drug-likeness (QED) is 0.900. The van der Waals surface area contributed by atoms with Gasteiger partial charge in [0, 0.05) is 55.4 Å². The van der Waals surface area contributed by atoms with Crippen LogP contribution in [-0.4, -0.2) is 43.3 Å². The summed E-state index contributed by atoms with van der Waals surface area (Å²) < 4.78 is 10.7. The molecule has 124 valence electrons. The van der Waals surface area contributed by atoms with Gasteiger partial charge in [-0.25, -0.2) is 9.97 Å². The van der Waals surface area contributed by atoms with Gasteiger partial charge in [-0.05, 0) is 6.42 Å². The summed E-state index contributed by atoms with van der Waals surface area (Å²) in [7, 11) is 3.29. The molecule has 1 aromatic heterocycles. The maximum Gasteiger partial charge on any atom is 0.182 e. The second-order valence-corrected chi connectivity index (χ2v) is 5.51. The Morgan fingerprint density at radius 2 is 1.88 bits per heavy atom. The van der Waals surface area contributed by atoms with Gasteiger partial charge in [0.25, 0.3) is 0 Å². The van der Waals surface area contributed by atoms with Crippen molar-refractivity contribution in [2.75, 3.05) is 37.5 Å². The maximum absolute atomic E-state index is 9.11. The molecular weight excluding hydrogens is 306 g/mol. The number of rotatable bonds is 5. The molecule has 0 aliphatic carbocycles. The van der Waals surface area contributed by atoms with Crippen LogP contribution in [0.2, 0.25) is 0 Å². The van der Waals surface area contributed by atoms with Crippen LogP contribution in [0.1, 0.15) is 12.1 Å². The standard InChI is InChI=1S/C17H19N5O2/c1-23-14-7-13(8-15(9-14)24-2)22-6-3-12(11-22)21-17-16(10-18)19-4-5-20-17/h4-5,7-9,12H,3,6,11H2,1-2H3,(H,20,21). The SMILES string of the molecule is COc1cc(OC)cc(N2CCC(Nc3nccnc3C#N)C2)c1. The summed E-state index contributed by atoms with van der Waals surface area (Å²) in [4.78, 5) is 10.5. The molecule has 1 aromatic carbocycles. The van der Waals surface area contributed by atoms with E-state index in [0.717, 1.165) is 36.7 Å². The molecular formula is C17H19N5O2. The average molecular weight is 325 g/mol. The monoisotopic (exact) mass is 325 g/mol. The number of hydrogen-bond donors (Lipinski definition) is 1. The highest BCUT2D eigenvalue weighted by atomic mass is 16.5. The molecule has 2 heterocycles. The van der Waals surface area contributed by atoms with Gasteiger partial charge in [0.15, 0.2) is 11.5 Å². The van der Waals surface area contributed by atoms with E-state index in [4.69, 9.17) is 14.7 Å². The number of aromatic nitrogens is 2. The summed E-state index contributed by atoms with van der Waals surface area (Å²) >= 11 is 0. The van der Waals surface area contributed by atoms with Gasteiger partial charge in [0.05, 0.1) is 14.2 Å². The molecule has 0 spiro atoms. The van der Waals surface area contributed by atoms with Gasteiger partial charge >= 0.3 is 0 Å². The zero-order valence-corrected chi connectivity index (χ0v) is 13.7. The molecule has 1 unspecified atom stereocenters. The van der Waals surface area contributed by atoms with Crippen LogP contribution in [0, 0.1) is 11.3 Å². The first-order valence-corrected chi connectivity index (χ1v) is 7.69. The molecule has 0 saturated carbocycles. The van der Waals surface area contributed by atoms with E-state index >= 15 is 0 Å². The lowest BCUT2D eigenvalue weighted by atomic mass is 10.2. The predicted octanol–water partition coefficient (Wildman–Crippen LogP) is 2.06. The molecule has 7 nitrogen and oxygen atoms in total. The average Bonchev–Trinajstić information content (AvgIpc) is 3.10. The van der Waals surface area contributed by atoms with Crippen molar-refractivity contribution >= 4 is 11.5 Å². The second kappa shape index (κ2) is 7.04. The Balaban J connectivity index is 1.73. The molecule has 1 fully saturated rings. The smallest absolute Gasteiger partial charge is 0.182 e. The Morgan fingerprint density at radius 3 is 2.54 bits per heavy atom. The van der Waals surface area contributed by atoms with E-state index < -0.39 is 0 Å². The first-order valence-electron chi connectivity index (χ1n) is 7.69. The fraction of sp³-hybridized carbons (Fsp3) is 0.353. The predicted molar refractivity (Wildman–Crippen MR) is 90.5 cm³/mol. The highest BCUT2D eigenvalue weighted by molar-refractivity contribution is 5.57. The third-order valence-corrected chi connectivity index (χ3v) is 4.03. The van der Waals surface area contributed by atoms with E-state index in [1.807, 2.05) is 18.2 Å². The number of ether oxygens (including phenoxy) is 2. The van der Waals surface area contributed by atoms with Crippen molar-refractivity contribution in [3.05, 3.63) is 36.3 Å². The summed E-state index contributed by atoms with van der Waals surface area (Å²) in [5.41, 5.74) is 1.37. The van der Waals surface area contributed by atoms with Crippen LogP contribution in [-0.2, 0) is 0 Å². The molecule has 24 heavy (non-hydrogen) atoms. The van der Waals surface area contributed by atoms with Crippen molar-refractivity contribution in [1.29, 1.82) is 5.26 Å². The molecule has 3 rings (SSSR count). The minimum atomic E-state index is 0.200. The van der Waals surface area contributed by atoms with Crippen LogP contribution >= 0.6 is 0 Å². The van der Waals surface area contributed by atoms with E-state index in [1.54, 1.807) is 20.4 Å². The Hall–Kier alpha value is -3.01. The number of anilines is 2. The normalized spacial score (nSPS) is 16.5. The van der Waals surface area contributed by atoms with Crippen molar-refractivity contribution in [3.63, 3.8) is 0 Å². The number of hydrogen-bond acceptors (Lipinski definition) is 7. The summed E-state index contributed by atoms with van der Waals surface area (Å²) in [6.07, 6.45) is 4.05. The number of nitrogens with zero attached hydrogens (tertiary/aromatic N) is 4. The molecule has 2 aromatic rings. The number of nitrogens with one attached hydrogen (secondary N) is 1. The van der Waals surface area contributed by atoms with Gasteiger partial charge in [-0.1, -0.05) is 0 Å². The van der Waals surface area contributed by atoms with Gasteiger partial charge < -0.3 is 19.7 Å². The van der Waals surface area contributed by atoms with E-state index in [0.29, 0.717) is 11.5 Å². The van der Waals surface area contributed by atoms with Crippen molar-refractivity contribution in [1.82, 2.24) is 9.97 Å². The first-order chi connectivity index (χ1) is 11.7. The van der Waals surface area contributed by atoms with Gasteiger partial charge in [0.1, 0.15) is 17.6 Å². The molecule has 1 aliphatic heterocycles. The molecule has 1 atom stereocenters. The van der Waals surface area contributed by atoms with Crippen LogP contribution in [0.4, 0.5) is 11.5 Å². The number of methoxy groups -OCH3 is 2. The third-order valence-electron chi connectivity index (χ3n) is 4.03. The highest BCUT2D eigenvalue weighted by Crippen LogP contribution is 2.31. The lowest BCUT2D eigenvalue weighted by molar-refractivity contribution is 0.394. The van der Waals surface area contributed by atoms with E-state index in [1.165, 1.54) is 6.20 Å². The summed E-state index contributed by atoms with van der Waals surface area (Å²) in [5, 5.41) is 12.4. The van der Waals surface area contributed by atoms with E-state index in [2.05, 4.69) is 26.3 Å². The van der Waals surface area contributed by atoms with Crippen molar-refractivity contribution < 1.29 is 9.47 Å². The summed E-state index contributed by atoms with van der Waals surface area (Å²) in [6, 6.07) is 8.10. The third kappa shape index (κ3) is 3.33. The van der Waals surface area contributed by atoms with Crippen LogP contribution < -0.4 is 19.7 Å². The zero-order valence-electron chi connectivity index (χ0n) is 13.7. The Labute approximate surface area is 140 Å². The van der Waals surface area contributed by atoms with E-state index in [9.17, 15) is 0 Å². The largest absolute Gasteiger partial charge is 0.497 e. The van der Waals surface area contributed by atoms with Crippen LogP contribution in [0.15, 0.2) is 30.6 Å². The minimum Gasteiger partial charge on any atom is -0.497 e. The number of benzene rings is 1. The Kier molecular flexibility index (Phi) is 4.66. The molecule has 1 saturated heterocycles. The first kappa shape index (κ1) is 15.9. The zero-order chi connectivity index (χ0) is 16.9. The minimum absolute atomic E-state index is 0.200. The Morgan fingerprint density at radius 1 is 1.17 bits per heavy atom. The fourth-order valence-corrected chi connectivity index (χ4v) is 2.81. The van der Waals surface area contributed by atoms with Crippen molar-refractivity contribution in [3.8, 4) is 17.6 Å². The van der Waals surface area contributed by atoms with Crippen molar-refractivity contribution in [2.24, 2.45) is 0 Å². The molecule has 0 bridgehead atoms. The van der Waals surface area contributed by atoms with Gasteiger partial charge in [-0.3, -0.25) is 0 Å². The topological polar surface area (TPSA) is 83.3 Å². The van der Waals surface area contributed by atoms with Gasteiger partial charge in [0.2, 0.25) is 0 Å². The van der Waals surface area contributed by atoms with Crippen LogP contribution in [0.25, 0.3) is 0 Å². The Bertz CT molecular complexity index is 737. The second-order valence-electron chi connectivity index (χ2n) is 5.51. The lowest BCUT2D eigenvalue weighted by Crippen LogP contribution is -2.26. The summed E-state index contributed by atoms with van der Waals surface area (Å²) in [6.45, 7) is 1.70. The van der Waals surface area contributed by atoms with Crippen LogP contribution in [0.5, 0.6) is 11.5 Å². The summed E-state index contributed by atoms with van der Waals surface area (Å²) in [5.74, 6) is 2.07. The molecule has 7 heteroatoms. The van der Waals surface area contributed by atoms with Gasteiger partial charge in [-0.2, -0.15) is 5.26 Å². The fourth-order valence-electron chi connectivity index (χ4n) is 2.81. The lowest BCUT2D eigenvalue weighted by Gasteiger charge is -2.20. The molecule has 1 aliphatic rings. The van der Waals surface area contributed by atoms with Crippen LogP contribution in [0.3, 0.4) is 0 Å². The van der Waals surface area contributed by atoms with Gasteiger partial charge in [-0.15, -0.1) is 0 Å². The van der Waals surface area contributed by atoms with E-state index in [-0.39, 0.29) is 6.04 Å². The maximum atomic E-state index is 9.11. The van der Waals surface area contributed by atoms with Crippen molar-refractivity contribution in [2.45, 2.75) is 12.5 Å². The number of nitriles is 1. The highest BCUT2D eigenvalue weighted by Gasteiger charge is 2.24. The molecule has 0 radical (unpaired) electrons. The molecule has 1 N–H and O–H groups in total. The molecule has 0 amide bonds.